The molecule has 134 valence electrons. The van der Waals surface area contributed by atoms with Gasteiger partial charge in [-0.3, -0.25) is 19.6 Å². The minimum atomic E-state index is -4.36. The van der Waals surface area contributed by atoms with Crippen LogP contribution in [0.2, 0.25) is 0 Å². The first kappa shape index (κ1) is 16.5. The summed E-state index contributed by atoms with van der Waals surface area (Å²) < 4.78 is 42.1. The van der Waals surface area contributed by atoms with Gasteiger partial charge in [0, 0.05) is 29.7 Å². The summed E-state index contributed by atoms with van der Waals surface area (Å²) in [6.45, 7) is 0. The third-order valence-corrected chi connectivity index (χ3v) is 4.22. The van der Waals surface area contributed by atoms with Crippen LogP contribution in [0.5, 0.6) is 0 Å². The van der Waals surface area contributed by atoms with Crippen molar-refractivity contribution in [3.8, 4) is 5.69 Å². The van der Waals surface area contributed by atoms with E-state index in [9.17, 15) is 13.2 Å². The molecule has 1 N–H and O–H groups in total. The second-order valence-electron chi connectivity index (χ2n) is 5.96. The predicted molar refractivity (Wildman–Crippen MR) is 93.2 cm³/mol. The highest BCUT2D eigenvalue weighted by atomic mass is 19.4. The highest BCUT2D eigenvalue weighted by molar-refractivity contribution is 6.08. The van der Waals surface area contributed by atoms with E-state index < -0.39 is 11.7 Å². The molecule has 0 unspecified atom stereocenters. The molecule has 0 amide bonds. The van der Waals surface area contributed by atoms with Crippen LogP contribution in [0.1, 0.15) is 5.56 Å². The van der Waals surface area contributed by atoms with Crippen molar-refractivity contribution in [1.29, 1.82) is 0 Å². The molecule has 5 nitrogen and oxygen atoms in total. The Labute approximate surface area is 146 Å². The van der Waals surface area contributed by atoms with Gasteiger partial charge in [-0.2, -0.15) is 18.3 Å². The number of alkyl halides is 3. The molecular formula is C18H15F3N4O. The van der Waals surface area contributed by atoms with Gasteiger partial charge < -0.3 is 0 Å². The van der Waals surface area contributed by atoms with E-state index in [0.717, 1.165) is 34.1 Å². The summed E-state index contributed by atoms with van der Waals surface area (Å²) >= 11 is 0. The van der Waals surface area contributed by atoms with Gasteiger partial charge in [0.2, 0.25) is 0 Å². The third kappa shape index (κ3) is 2.59. The number of rotatable bonds is 3. The minimum absolute atomic E-state index is 0.615. The molecule has 0 spiro atoms. The lowest BCUT2D eigenvalue weighted by Gasteiger charge is -2.10. The fourth-order valence-electron chi connectivity index (χ4n) is 3.13. The van der Waals surface area contributed by atoms with Gasteiger partial charge in [-0.1, -0.05) is 0 Å². The lowest BCUT2D eigenvalue weighted by Crippen LogP contribution is -2.05. The summed E-state index contributed by atoms with van der Waals surface area (Å²) in [7, 11) is 3.33. The molecule has 0 fully saturated rings. The number of aryl methyl sites for hydroxylation is 1. The Morgan fingerprint density at radius 2 is 1.77 bits per heavy atom. The second-order valence-corrected chi connectivity index (χ2v) is 5.96. The number of hydrogen-bond donors (Lipinski definition) is 1. The number of anilines is 1. The summed E-state index contributed by atoms with van der Waals surface area (Å²) in [5.41, 5.74) is 5.02. The zero-order chi connectivity index (χ0) is 18.5. The Kier molecular flexibility index (Phi) is 3.66. The topological polar surface area (TPSA) is 44.0 Å². The zero-order valence-corrected chi connectivity index (χ0v) is 14.0. The number of hydrogen-bond acceptors (Lipinski definition) is 3. The third-order valence-electron chi connectivity index (χ3n) is 4.22. The molecule has 0 aliphatic carbocycles. The van der Waals surface area contributed by atoms with Crippen molar-refractivity contribution in [3.05, 3.63) is 54.2 Å². The predicted octanol–water partition coefficient (Wildman–Crippen LogP) is 4.51. The molecule has 4 rings (SSSR count). The van der Waals surface area contributed by atoms with Gasteiger partial charge in [-0.15, -0.1) is 0 Å². The number of fused-ring (bicyclic) bond motifs is 3. The molecule has 2 heterocycles. The summed E-state index contributed by atoms with van der Waals surface area (Å²) in [4.78, 5) is 4.95. The van der Waals surface area contributed by atoms with Crippen molar-refractivity contribution < 1.29 is 18.0 Å². The van der Waals surface area contributed by atoms with E-state index in [1.165, 1.54) is 19.2 Å². The maximum atomic E-state index is 12.8. The van der Waals surface area contributed by atoms with Gasteiger partial charge in [0.25, 0.3) is 0 Å². The molecule has 8 heteroatoms. The monoisotopic (exact) mass is 360 g/mol. The van der Waals surface area contributed by atoms with Gasteiger partial charge in [-0.05, 0) is 42.5 Å². The van der Waals surface area contributed by atoms with Crippen LogP contribution in [0.3, 0.4) is 0 Å². The average molecular weight is 360 g/mol. The number of nitrogens with one attached hydrogen (secondary N) is 1. The van der Waals surface area contributed by atoms with E-state index in [-0.39, 0.29) is 0 Å². The van der Waals surface area contributed by atoms with E-state index in [1.54, 1.807) is 11.7 Å². The van der Waals surface area contributed by atoms with Crippen molar-refractivity contribution in [2.45, 2.75) is 6.18 Å². The molecule has 26 heavy (non-hydrogen) atoms. The molecule has 2 aromatic heterocycles. The molecule has 0 saturated heterocycles. The van der Waals surface area contributed by atoms with Gasteiger partial charge in [-0.25, -0.2) is 0 Å². The first-order chi connectivity index (χ1) is 12.4. The van der Waals surface area contributed by atoms with Crippen LogP contribution >= 0.6 is 0 Å². The molecular weight excluding hydrogens is 345 g/mol. The zero-order valence-electron chi connectivity index (χ0n) is 14.0. The van der Waals surface area contributed by atoms with Crippen molar-refractivity contribution >= 4 is 27.6 Å². The molecule has 0 aliphatic rings. The van der Waals surface area contributed by atoms with Gasteiger partial charge in [0.1, 0.15) is 0 Å². The summed E-state index contributed by atoms with van der Waals surface area (Å²) in [6.07, 6.45) is -2.48. The smallest absolute Gasteiger partial charge is 0.292 e. The molecule has 0 saturated carbocycles. The largest absolute Gasteiger partial charge is 0.416 e. The first-order valence-corrected chi connectivity index (χ1v) is 7.83. The number of halogens is 3. The maximum Gasteiger partial charge on any atom is 0.416 e. The number of benzene rings is 2. The van der Waals surface area contributed by atoms with Crippen molar-refractivity contribution in [2.24, 2.45) is 7.05 Å². The molecule has 4 aromatic rings. The van der Waals surface area contributed by atoms with Crippen molar-refractivity contribution in [3.63, 3.8) is 0 Å². The quantitative estimate of drug-likeness (QED) is 0.547. The lowest BCUT2D eigenvalue weighted by molar-refractivity contribution is -0.137. The summed E-state index contributed by atoms with van der Waals surface area (Å²) in [5.74, 6) is 0. The van der Waals surface area contributed by atoms with Crippen LogP contribution in [0.15, 0.2) is 48.7 Å². The van der Waals surface area contributed by atoms with Crippen molar-refractivity contribution in [2.75, 3.05) is 12.6 Å². The van der Waals surface area contributed by atoms with Crippen LogP contribution in [-0.4, -0.2) is 21.5 Å². The molecule has 0 atom stereocenters. The number of aromatic nitrogens is 3. The second kappa shape index (κ2) is 5.77. The highest BCUT2D eigenvalue weighted by Gasteiger charge is 2.30. The first-order valence-electron chi connectivity index (χ1n) is 7.83. The summed E-state index contributed by atoms with van der Waals surface area (Å²) in [6, 6.07) is 10.7. The van der Waals surface area contributed by atoms with Crippen LogP contribution < -0.4 is 5.48 Å². The Bertz CT molecular complexity index is 1090. The van der Waals surface area contributed by atoms with E-state index in [2.05, 4.69) is 10.6 Å². The fraction of sp³-hybridized carbons (Fsp3) is 0.167. The average Bonchev–Trinajstić information content (AvgIpc) is 3.09. The van der Waals surface area contributed by atoms with E-state index >= 15 is 0 Å². The molecule has 0 bridgehead atoms. The van der Waals surface area contributed by atoms with Gasteiger partial charge in [0.05, 0.1) is 23.9 Å². The summed E-state index contributed by atoms with van der Waals surface area (Å²) in [5, 5.41) is 6.31. The normalized spacial score (nSPS) is 12.2. The highest BCUT2D eigenvalue weighted by Crippen LogP contribution is 2.34. The van der Waals surface area contributed by atoms with Crippen molar-refractivity contribution in [1.82, 2.24) is 14.3 Å². The van der Waals surface area contributed by atoms with Gasteiger partial charge in [0.15, 0.2) is 5.65 Å². The van der Waals surface area contributed by atoms with Crippen LogP contribution in [0, 0.1) is 0 Å². The Hall–Kier alpha value is -3.00. The van der Waals surface area contributed by atoms with Crippen LogP contribution in [0.4, 0.5) is 18.9 Å². The Balaban J connectivity index is 1.95. The maximum absolute atomic E-state index is 12.8. The Morgan fingerprint density at radius 1 is 1.04 bits per heavy atom. The van der Waals surface area contributed by atoms with E-state index in [4.69, 9.17) is 4.84 Å². The standard InChI is InChI=1S/C18H15F3N4O/c1-24-10-15-14-9-12(23-26-2)5-8-16(14)25(17(15)22-24)13-6-3-11(4-7-13)18(19,20)21/h3-10,23H,1-2H3. The van der Waals surface area contributed by atoms with E-state index in [1.807, 2.05) is 29.0 Å². The molecule has 2 aromatic carbocycles. The van der Waals surface area contributed by atoms with E-state index in [0.29, 0.717) is 11.3 Å². The molecule has 0 radical (unpaired) electrons. The fourth-order valence-corrected chi connectivity index (χ4v) is 3.13. The number of nitrogens with zero attached hydrogens (tertiary/aromatic N) is 3. The molecule has 0 aliphatic heterocycles. The Morgan fingerprint density at radius 3 is 2.42 bits per heavy atom. The SMILES string of the molecule is CONc1ccc2c(c1)c1cn(C)nc1n2-c1ccc(C(F)(F)F)cc1. The minimum Gasteiger partial charge on any atom is -0.292 e. The van der Waals surface area contributed by atoms with Crippen LogP contribution in [0.25, 0.3) is 27.6 Å². The lowest BCUT2D eigenvalue weighted by atomic mass is 10.2. The van der Waals surface area contributed by atoms with Gasteiger partial charge >= 0.3 is 6.18 Å². The van der Waals surface area contributed by atoms with Crippen LogP contribution in [-0.2, 0) is 18.1 Å².